The number of ether oxygens (including phenoxy) is 3. The SMILES string of the molecule is CCCCCCCCOc1ccc(-c2ccc3c(c2)O[C@@H](CCCC)C(=O)O3)cc1. The third-order valence-electron chi connectivity index (χ3n) is 5.46. The van der Waals surface area contributed by atoms with Crippen molar-refractivity contribution in [1.29, 1.82) is 0 Å². The van der Waals surface area contributed by atoms with E-state index in [0.29, 0.717) is 17.9 Å². The van der Waals surface area contributed by atoms with E-state index in [1.165, 1.54) is 32.1 Å². The van der Waals surface area contributed by atoms with Crippen molar-refractivity contribution in [3.05, 3.63) is 42.5 Å². The van der Waals surface area contributed by atoms with Crippen LogP contribution in [-0.2, 0) is 4.79 Å². The van der Waals surface area contributed by atoms with Gasteiger partial charge in [-0.1, -0.05) is 70.6 Å². The summed E-state index contributed by atoms with van der Waals surface area (Å²) in [7, 11) is 0. The van der Waals surface area contributed by atoms with Crippen molar-refractivity contribution in [1.82, 2.24) is 0 Å². The highest BCUT2D eigenvalue weighted by Crippen LogP contribution is 2.37. The van der Waals surface area contributed by atoms with E-state index in [-0.39, 0.29) is 5.97 Å². The quantitative estimate of drug-likeness (QED) is 0.216. The largest absolute Gasteiger partial charge is 0.494 e. The van der Waals surface area contributed by atoms with Gasteiger partial charge in [0.15, 0.2) is 17.6 Å². The Morgan fingerprint density at radius 2 is 1.50 bits per heavy atom. The highest BCUT2D eigenvalue weighted by molar-refractivity contribution is 5.81. The van der Waals surface area contributed by atoms with Crippen LogP contribution in [0.5, 0.6) is 17.2 Å². The van der Waals surface area contributed by atoms with Crippen LogP contribution in [0.25, 0.3) is 11.1 Å². The van der Waals surface area contributed by atoms with Crippen molar-refractivity contribution in [3.63, 3.8) is 0 Å². The number of carbonyl (C=O) groups is 1. The van der Waals surface area contributed by atoms with E-state index in [4.69, 9.17) is 14.2 Å². The lowest BCUT2D eigenvalue weighted by molar-refractivity contribution is -0.145. The molecule has 162 valence electrons. The Balaban J connectivity index is 1.55. The van der Waals surface area contributed by atoms with E-state index in [9.17, 15) is 4.79 Å². The van der Waals surface area contributed by atoms with Gasteiger partial charge in [-0.25, -0.2) is 4.79 Å². The molecule has 2 aromatic carbocycles. The van der Waals surface area contributed by atoms with Crippen LogP contribution in [0.2, 0.25) is 0 Å². The van der Waals surface area contributed by atoms with Gasteiger partial charge in [-0.3, -0.25) is 0 Å². The summed E-state index contributed by atoms with van der Waals surface area (Å²) in [5.74, 6) is 1.73. The summed E-state index contributed by atoms with van der Waals surface area (Å²) in [6.07, 6.45) is 9.71. The second kappa shape index (κ2) is 11.6. The Bertz CT molecular complexity index is 797. The number of fused-ring (bicyclic) bond motifs is 1. The molecule has 0 N–H and O–H groups in total. The lowest BCUT2D eigenvalue weighted by atomic mass is 10.0. The molecular formula is C26H34O4. The third-order valence-corrected chi connectivity index (χ3v) is 5.46. The standard InChI is InChI=1S/C26H34O4/c1-3-5-7-8-9-10-18-28-22-15-12-20(13-16-22)21-14-17-23-25(19-21)29-24(11-6-4-2)26(27)30-23/h12-17,19,24H,3-11,18H2,1-2H3/t24-/m0/s1. The molecule has 0 bridgehead atoms. The van der Waals surface area contributed by atoms with Crippen LogP contribution in [0, 0.1) is 0 Å². The summed E-state index contributed by atoms with van der Waals surface area (Å²) < 4.78 is 17.3. The Kier molecular flexibility index (Phi) is 8.61. The first-order chi connectivity index (χ1) is 14.7. The van der Waals surface area contributed by atoms with Gasteiger partial charge in [0.2, 0.25) is 0 Å². The monoisotopic (exact) mass is 410 g/mol. The molecule has 0 fully saturated rings. The summed E-state index contributed by atoms with van der Waals surface area (Å²) in [4.78, 5) is 12.1. The molecule has 0 aliphatic carbocycles. The van der Waals surface area contributed by atoms with Crippen molar-refractivity contribution in [2.24, 2.45) is 0 Å². The molecule has 0 saturated heterocycles. The van der Waals surface area contributed by atoms with E-state index in [1.807, 2.05) is 30.3 Å². The minimum absolute atomic E-state index is 0.296. The molecule has 4 heteroatoms. The minimum Gasteiger partial charge on any atom is -0.494 e. The first-order valence-corrected chi connectivity index (χ1v) is 11.5. The van der Waals surface area contributed by atoms with Crippen molar-refractivity contribution in [2.75, 3.05) is 6.61 Å². The predicted molar refractivity (Wildman–Crippen MR) is 120 cm³/mol. The van der Waals surface area contributed by atoms with Crippen molar-refractivity contribution < 1.29 is 19.0 Å². The van der Waals surface area contributed by atoms with Gasteiger partial charge in [0.05, 0.1) is 6.61 Å². The second-order valence-corrected chi connectivity index (χ2v) is 7.97. The van der Waals surface area contributed by atoms with E-state index in [0.717, 1.165) is 42.7 Å². The van der Waals surface area contributed by atoms with Crippen LogP contribution >= 0.6 is 0 Å². The average molecular weight is 411 g/mol. The number of esters is 1. The molecular weight excluding hydrogens is 376 g/mol. The lowest BCUT2D eigenvalue weighted by Gasteiger charge is -2.25. The van der Waals surface area contributed by atoms with Gasteiger partial charge in [0, 0.05) is 0 Å². The van der Waals surface area contributed by atoms with Crippen LogP contribution < -0.4 is 14.2 Å². The lowest BCUT2D eigenvalue weighted by Crippen LogP contribution is -2.35. The van der Waals surface area contributed by atoms with Crippen molar-refractivity contribution in [3.8, 4) is 28.4 Å². The Morgan fingerprint density at radius 3 is 2.27 bits per heavy atom. The second-order valence-electron chi connectivity index (χ2n) is 7.97. The van der Waals surface area contributed by atoms with Gasteiger partial charge in [-0.15, -0.1) is 0 Å². The maximum absolute atomic E-state index is 12.1. The fraction of sp³-hybridized carbons (Fsp3) is 0.500. The van der Waals surface area contributed by atoms with E-state index in [2.05, 4.69) is 26.0 Å². The maximum Gasteiger partial charge on any atom is 0.352 e. The Labute approximate surface area is 180 Å². The molecule has 4 nitrogen and oxygen atoms in total. The fourth-order valence-electron chi connectivity index (χ4n) is 3.62. The first-order valence-electron chi connectivity index (χ1n) is 11.5. The van der Waals surface area contributed by atoms with Gasteiger partial charge in [-0.2, -0.15) is 0 Å². The predicted octanol–water partition coefficient (Wildman–Crippen LogP) is 6.95. The topological polar surface area (TPSA) is 44.8 Å². The summed E-state index contributed by atoms with van der Waals surface area (Å²) in [5.41, 5.74) is 2.11. The minimum atomic E-state index is -0.509. The van der Waals surface area contributed by atoms with Gasteiger partial charge in [0.25, 0.3) is 0 Å². The fourth-order valence-corrected chi connectivity index (χ4v) is 3.62. The molecule has 30 heavy (non-hydrogen) atoms. The summed E-state index contributed by atoms with van der Waals surface area (Å²) in [5, 5.41) is 0. The van der Waals surface area contributed by atoms with Gasteiger partial charge in [0.1, 0.15) is 5.75 Å². The zero-order valence-corrected chi connectivity index (χ0v) is 18.3. The molecule has 0 aromatic heterocycles. The zero-order valence-electron chi connectivity index (χ0n) is 18.3. The molecule has 0 radical (unpaired) electrons. The summed E-state index contributed by atoms with van der Waals surface area (Å²) in [6.45, 7) is 5.10. The summed E-state index contributed by atoms with van der Waals surface area (Å²) in [6, 6.07) is 13.8. The molecule has 0 amide bonds. The van der Waals surface area contributed by atoms with Crippen molar-refractivity contribution in [2.45, 2.75) is 77.7 Å². The third kappa shape index (κ3) is 6.25. The van der Waals surface area contributed by atoms with Crippen LogP contribution in [0.15, 0.2) is 42.5 Å². The molecule has 0 unspecified atom stereocenters. The van der Waals surface area contributed by atoms with Crippen LogP contribution in [0.1, 0.15) is 71.6 Å². The maximum atomic E-state index is 12.1. The molecule has 1 atom stereocenters. The number of benzene rings is 2. The van der Waals surface area contributed by atoms with E-state index >= 15 is 0 Å². The molecule has 1 aliphatic rings. The smallest absolute Gasteiger partial charge is 0.352 e. The van der Waals surface area contributed by atoms with Gasteiger partial charge < -0.3 is 14.2 Å². The molecule has 2 aromatic rings. The van der Waals surface area contributed by atoms with Crippen LogP contribution in [0.4, 0.5) is 0 Å². The Hall–Kier alpha value is -2.49. The molecule has 3 rings (SSSR count). The molecule has 1 heterocycles. The van der Waals surface area contributed by atoms with E-state index < -0.39 is 6.10 Å². The molecule has 1 aliphatic heterocycles. The molecule has 0 saturated carbocycles. The Morgan fingerprint density at radius 1 is 0.800 bits per heavy atom. The highest BCUT2D eigenvalue weighted by atomic mass is 16.6. The number of hydrogen-bond donors (Lipinski definition) is 0. The number of unbranched alkanes of at least 4 members (excludes halogenated alkanes) is 6. The number of rotatable bonds is 12. The van der Waals surface area contributed by atoms with Crippen molar-refractivity contribution >= 4 is 5.97 Å². The first kappa shape index (κ1) is 22.2. The zero-order chi connectivity index (χ0) is 21.2. The molecule has 0 spiro atoms. The van der Waals surface area contributed by atoms with Crippen LogP contribution in [0.3, 0.4) is 0 Å². The van der Waals surface area contributed by atoms with E-state index in [1.54, 1.807) is 0 Å². The van der Waals surface area contributed by atoms with Crippen LogP contribution in [-0.4, -0.2) is 18.7 Å². The van der Waals surface area contributed by atoms with Gasteiger partial charge in [-0.05, 0) is 54.7 Å². The average Bonchev–Trinajstić information content (AvgIpc) is 2.77. The normalized spacial score (nSPS) is 15.3. The number of hydrogen-bond acceptors (Lipinski definition) is 4. The highest BCUT2D eigenvalue weighted by Gasteiger charge is 2.29. The van der Waals surface area contributed by atoms with Gasteiger partial charge >= 0.3 is 5.97 Å². The number of carbonyl (C=O) groups excluding carboxylic acids is 1. The summed E-state index contributed by atoms with van der Waals surface area (Å²) >= 11 is 0.